The summed E-state index contributed by atoms with van der Waals surface area (Å²) >= 11 is 0. The van der Waals surface area contributed by atoms with E-state index in [-0.39, 0.29) is 23.2 Å². The van der Waals surface area contributed by atoms with Gasteiger partial charge in [0.25, 0.3) is 11.5 Å². The highest BCUT2D eigenvalue weighted by molar-refractivity contribution is 5.97. The highest BCUT2D eigenvalue weighted by Gasteiger charge is 2.29. The number of hydrogen-bond donors (Lipinski definition) is 0. The van der Waals surface area contributed by atoms with Gasteiger partial charge in [-0.2, -0.15) is 4.98 Å². The van der Waals surface area contributed by atoms with Crippen LogP contribution in [0.25, 0.3) is 22.3 Å². The van der Waals surface area contributed by atoms with E-state index in [1.165, 1.54) is 12.1 Å². The smallest absolute Gasteiger partial charge is 0.261 e. The van der Waals surface area contributed by atoms with Crippen molar-refractivity contribution in [1.29, 1.82) is 0 Å². The van der Waals surface area contributed by atoms with Gasteiger partial charge in [-0.05, 0) is 68.1 Å². The zero-order valence-electron chi connectivity index (χ0n) is 19.8. The maximum Gasteiger partial charge on any atom is 0.261 e. The Bertz CT molecular complexity index is 1490. The summed E-state index contributed by atoms with van der Waals surface area (Å²) in [4.78, 5) is 37.5. The number of piperidine rings is 1. The van der Waals surface area contributed by atoms with E-state index in [0.717, 1.165) is 44.3 Å². The molecule has 9 heteroatoms. The van der Waals surface area contributed by atoms with Gasteiger partial charge in [0, 0.05) is 37.2 Å². The lowest BCUT2D eigenvalue weighted by atomic mass is 9.97. The molecule has 6 rings (SSSR count). The number of carbonyl (C=O) groups is 1. The van der Waals surface area contributed by atoms with Gasteiger partial charge in [-0.15, -0.1) is 0 Å². The minimum Gasteiger partial charge on any atom is -0.339 e. The molecule has 2 aliphatic rings. The highest BCUT2D eigenvalue weighted by Crippen LogP contribution is 2.29. The van der Waals surface area contributed by atoms with Crippen molar-refractivity contribution in [3.8, 4) is 11.4 Å². The molecule has 2 aromatic heterocycles. The van der Waals surface area contributed by atoms with Crippen molar-refractivity contribution in [2.45, 2.75) is 51.0 Å². The number of carbonyl (C=O) groups excluding carboxylic acids is 1. The van der Waals surface area contributed by atoms with E-state index in [1.54, 1.807) is 39.8 Å². The van der Waals surface area contributed by atoms with Crippen molar-refractivity contribution >= 4 is 16.8 Å². The quantitative estimate of drug-likeness (QED) is 0.427. The molecule has 0 bridgehead atoms. The molecule has 1 unspecified atom stereocenters. The van der Waals surface area contributed by atoms with Crippen LogP contribution in [-0.4, -0.2) is 43.6 Å². The molecule has 0 radical (unpaired) electrons. The Hall–Kier alpha value is -3.88. The zero-order chi connectivity index (χ0) is 24.6. The number of amides is 1. The van der Waals surface area contributed by atoms with Crippen molar-refractivity contribution in [2.75, 3.05) is 13.1 Å². The first-order chi connectivity index (χ1) is 17.6. The van der Waals surface area contributed by atoms with E-state index in [0.29, 0.717) is 53.4 Å². The molecule has 4 heterocycles. The molecule has 4 aromatic rings. The number of nitrogens with zero attached hydrogens (tertiary/aromatic N) is 5. The Balaban J connectivity index is 1.23. The van der Waals surface area contributed by atoms with Gasteiger partial charge in [0.1, 0.15) is 11.6 Å². The topological polar surface area (TPSA) is 94.1 Å². The first-order valence-corrected chi connectivity index (χ1v) is 12.5. The van der Waals surface area contributed by atoms with Gasteiger partial charge in [-0.1, -0.05) is 11.6 Å². The van der Waals surface area contributed by atoms with E-state index >= 15 is 0 Å². The number of aryl methyl sites for hydroxylation is 1. The minimum absolute atomic E-state index is 0.0257. The minimum atomic E-state index is -0.326. The molecule has 1 amide bonds. The molecule has 0 saturated carbocycles. The number of rotatable bonds is 3. The van der Waals surface area contributed by atoms with E-state index in [2.05, 4.69) is 10.1 Å². The largest absolute Gasteiger partial charge is 0.339 e. The number of hydrogen-bond acceptors (Lipinski definition) is 6. The lowest BCUT2D eigenvalue weighted by Crippen LogP contribution is -2.39. The van der Waals surface area contributed by atoms with Crippen LogP contribution in [0.5, 0.6) is 0 Å². The van der Waals surface area contributed by atoms with Crippen LogP contribution in [0.15, 0.2) is 51.8 Å². The monoisotopic (exact) mass is 487 g/mol. The van der Waals surface area contributed by atoms with E-state index in [4.69, 9.17) is 9.51 Å². The van der Waals surface area contributed by atoms with Crippen molar-refractivity contribution in [3.05, 3.63) is 75.9 Å². The summed E-state index contributed by atoms with van der Waals surface area (Å²) in [5, 5.41) is 4.60. The molecular weight excluding hydrogens is 461 g/mol. The van der Waals surface area contributed by atoms with Crippen molar-refractivity contribution in [2.24, 2.45) is 0 Å². The third-order valence-corrected chi connectivity index (χ3v) is 7.17. The molecule has 8 nitrogen and oxygen atoms in total. The predicted molar refractivity (Wildman–Crippen MR) is 131 cm³/mol. The van der Waals surface area contributed by atoms with Gasteiger partial charge in [0.2, 0.25) is 11.7 Å². The van der Waals surface area contributed by atoms with Crippen molar-refractivity contribution in [1.82, 2.24) is 24.6 Å². The van der Waals surface area contributed by atoms with Crippen molar-refractivity contribution in [3.63, 3.8) is 0 Å². The molecule has 0 spiro atoms. The molecule has 2 aromatic carbocycles. The van der Waals surface area contributed by atoms with Crippen LogP contribution in [0.4, 0.5) is 4.39 Å². The Kier molecular flexibility index (Phi) is 5.83. The number of likely N-dealkylation sites (tertiary alicyclic amines) is 1. The summed E-state index contributed by atoms with van der Waals surface area (Å²) in [6.07, 6.45) is 5.51. The van der Waals surface area contributed by atoms with Gasteiger partial charge in [-0.25, -0.2) is 9.37 Å². The van der Waals surface area contributed by atoms with Crippen LogP contribution < -0.4 is 5.56 Å². The first-order valence-electron chi connectivity index (χ1n) is 12.5. The van der Waals surface area contributed by atoms with Gasteiger partial charge in [0.05, 0.1) is 16.8 Å². The fourth-order valence-corrected chi connectivity index (χ4v) is 5.21. The summed E-state index contributed by atoms with van der Waals surface area (Å²) in [5.74, 6) is 1.18. The van der Waals surface area contributed by atoms with E-state index < -0.39 is 0 Å². The predicted octanol–water partition coefficient (Wildman–Crippen LogP) is 4.33. The van der Waals surface area contributed by atoms with Crippen LogP contribution in [-0.2, 0) is 13.0 Å². The Morgan fingerprint density at radius 3 is 2.72 bits per heavy atom. The third-order valence-electron chi connectivity index (χ3n) is 7.17. The lowest BCUT2D eigenvalue weighted by molar-refractivity contribution is 0.0696. The molecule has 2 aliphatic heterocycles. The Morgan fingerprint density at radius 2 is 1.86 bits per heavy atom. The molecular formula is C27H26FN5O3. The molecule has 1 atom stereocenters. The molecule has 0 aliphatic carbocycles. The van der Waals surface area contributed by atoms with Crippen LogP contribution >= 0.6 is 0 Å². The first kappa shape index (κ1) is 22.6. The second kappa shape index (κ2) is 9.29. The average molecular weight is 488 g/mol. The fourth-order valence-electron chi connectivity index (χ4n) is 5.21. The van der Waals surface area contributed by atoms with Crippen LogP contribution in [0.1, 0.15) is 60.1 Å². The van der Waals surface area contributed by atoms with Crippen LogP contribution in [0.3, 0.4) is 0 Å². The average Bonchev–Trinajstić information content (AvgIpc) is 3.28. The van der Waals surface area contributed by atoms with Crippen molar-refractivity contribution < 1.29 is 13.7 Å². The Labute approximate surface area is 206 Å². The van der Waals surface area contributed by atoms with E-state index in [1.807, 2.05) is 0 Å². The number of halogens is 1. The maximum absolute atomic E-state index is 13.4. The SMILES string of the molecule is O=C(c1ccc2c(=O)n3c(nc2c1)CCCCC3)N1CCCC(c2nc(-c3ccc(F)cc3)no2)C1. The fraction of sp³-hybridized carbons (Fsp3) is 0.370. The second-order valence-corrected chi connectivity index (χ2v) is 9.58. The molecule has 184 valence electrons. The number of benzene rings is 2. The summed E-state index contributed by atoms with van der Waals surface area (Å²) < 4.78 is 20.5. The van der Waals surface area contributed by atoms with Gasteiger partial charge >= 0.3 is 0 Å². The second-order valence-electron chi connectivity index (χ2n) is 9.58. The molecule has 36 heavy (non-hydrogen) atoms. The summed E-state index contributed by atoms with van der Waals surface area (Å²) in [5.41, 5.74) is 1.74. The Morgan fingerprint density at radius 1 is 1.00 bits per heavy atom. The standard InChI is InChI=1S/C27H26FN5O3/c28-20-10-7-17(8-11-20)24-30-25(36-31-24)19-5-4-13-32(16-19)26(34)18-9-12-21-22(15-18)29-23-6-2-1-3-14-33(23)27(21)35/h7-12,15,19H,1-6,13-14,16H2. The maximum atomic E-state index is 13.4. The summed E-state index contributed by atoms with van der Waals surface area (Å²) in [6, 6.07) is 11.1. The van der Waals surface area contributed by atoms with E-state index in [9.17, 15) is 14.0 Å². The van der Waals surface area contributed by atoms with Crippen LogP contribution in [0, 0.1) is 5.82 Å². The zero-order valence-corrected chi connectivity index (χ0v) is 19.8. The number of aromatic nitrogens is 4. The third kappa shape index (κ3) is 4.19. The highest BCUT2D eigenvalue weighted by atomic mass is 19.1. The van der Waals surface area contributed by atoms with Gasteiger partial charge in [-0.3, -0.25) is 14.2 Å². The van der Waals surface area contributed by atoms with Crippen LogP contribution in [0.2, 0.25) is 0 Å². The summed E-state index contributed by atoms with van der Waals surface area (Å²) in [7, 11) is 0. The summed E-state index contributed by atoms with van der Waals surface area (Å²) in [6.45, 7) is 1.79. The molecule has 1 saturated heterocycles. The molecule has 1 fully saturated rings. The van der Waals surface area contributed by atoms with Gasteiger partial charge < -0.3 is 9.42 Å². The molecule has 0 N–H and O–H groups in total. The normalized spacial score (nSPS) is 18.1. The lowest BCUT2D eigenvalue weighted by Gasteiger charge is -2.31. The number of fused-ring (bicyclic) bond motifs is 2. The van der Waals surface area contributed by atoms with Gasteiger partial charge in [0.15, 0.2) is 0 Å².